The van der Waals surface area contributed by atoms with E-state index in [0.717, 1.165) is 17.9 Å². The van der Waals surface area contributed by atoms with E-state index in [1.165, 1.54) is 25.0 Å². The van der Waals surface area contributed by atoms with Gasteiger partial charge in [0, 0.05) is 17.7 Å². The summed E-state index contributed by atoms with van der Waals surface area (Å²) in [5, 5.41) is 0. The molecule has 0 saturated heterocycles. The number of nitrogens with two attached hydrogens (primary N) is 1. The van der Waals surface area contributed by atoms with Crippen LogP contribution in [0.25, 0.3) is 0 Å². The van der Waals surface area contributed by atoms with Gasteiger partial charge >= 0.3 is 0 Å². The minimum atomic E-state index is -0.283. The van der Waals surface area contributed by atoms with Gasteiger partial charge in [0.1, 0.15) is 11.6 Å². The van der Waals surface area contributed by atoms with Crippen molar-refractivity contribution in [2.45, 2.75) is 25.3 Å². The molecule has 3 heteroatoms. The summed E-state index contributed by atoms with van der Waals surface area (Å²) in [5.41, 5.74) is 6.97. The fraction of sp³-hybridized carbons (Fsp3) is 0.500. The SMILES string of the molecule is COc1cc(F)ccc1[C@@H](N)CC1CC1. The van der Waals surface area contributed by atoms with E-state index in [0.29, 0.717) is 5.75 Å². The summed E-state index contributed by atoms with van der Waals surface area (Å²) in [6, 6.07) is 4.52. The number of rotatable bonds is 4. The molecular formula is C12H16FNO. The number of hydrogen-bond donors (Lipinski definition) is 1. The first-order chi connectivity index (χ1) is 7.20. The molecule has 1 atom stereocenters. The zero-order valence-electron chi connectivity index (χ0n) is 8.87. The summed E-state index contributed by atoms with van der Waals surface area (Å²) in [5.74, 6) is 1.03. The topological polar surface area (TPSA) is 35.2 Å². The molecule has 1 fully saturated rings. The van der Waals surface area contributed by atoms with Crippen LogP contribution < -0.4 is 10.5 Å². The Morgan fingerprint density at radius 3 is 2.87 bits per heavy atom. The van der Waals surface area contributed by atoms with E-state index >= 15 is 0 Å². The summed E-state index contributed by atoms with van der Waals surface area (Å²) in [7, 11) is 1.54. The van der Waals surface area contributed by atoms with Gasteiger partial charge in [0.05, 0.1) is 7.11 Å². The van der Waals surface area contributed by atoms with Gasteiger partial charge in [0.15, 0.2) is 0 Å². The average molecular weight is 209 g/mol. The van der Waals surface area contributed by atoms with Gasteiger partial charge in [-0.2, -0.15) is 0 Å². The highest BCUT2D eigenvalue weighted by molar-refractivity contribution is 5.36. The maximum Gasteiger partial charge on any atom is 0.126 e. The molecule has 1 aromatic carbocycles. The van der Waals surface area contributed by atoms with Crippen molar-refractivity contribution in [3.63, 3.8) is 0 Å². The molecule has 1 aromatic rings. The van der Waals surface area contributed by atoms with Crippen molar-refractivity contribution < 1.29 is 9.13 Å². The second-order valence-corrected chi connectivity index (χ2v) is 4.17. The predicted octanol–water partition coefficient (Wildman–Crippen LogP) is 2.63. The highest BCUT2D eigenvalue weighted by atomic mass is 19.1. The average Bonchev–Trinajstić information content (AvgIpc) is 3.01. The van der Waals surface area contributed by atoms with Crippen LogP contribution in [0.3, 0.4) is 0 Å². The smallest absolute Gasteiger partial charge is 0.126 e. The fourth-order valence-corrected chi connectivity index (χ4v) is 1.83. The Hall–Kier alpha value is -1.09. The van der Waals surface area contributed by atoms with Crippen LogP contribution in [0.2, 0.25) is 0 Å². The van der Waals surface area contributed by atoms with E-state index < -0.39 is 0 Å². The molecule has 0 aliphatic heterocycles. The van der Waals surface area contributed by atoms with Gasteiger partial charge in [0.25, 0.3) is 0 Å². The molecule has 1 aliphatic rings. The summed E-state index contributed by atoms with van der Waals surface area (Å²) < 4.78 is 18.1. The lowest BCUT2D eigenvalue weighted by atomic mass is 10.0. The van der Waals surface area contributed by atoms with E-state index in [9.17, 15) is 4.39 Å². The van der Waals surface area contributed by atoms with Crippen LogP contribution in [0.15, 0.2) is 18.2 Å². The Morgan fingerprint density at radius 2 is 2.27 bits per heavy atom. The van der Waals surface area contributed by atoms with Gasteiger partial charge in [-0.25, -0.2) is 4.39 Å². The zero-order chi connectivity index (χ0) is 10.8. The molecule has 0 radical (unpaired) electrons. The largest absolute Gasteiger partial charge is 0.496 e. The Balaban J connectivity index is 2.17. The summed E-state index contributed by atoms with van der Waals surface area (Å²) in [6.07, 6.45) is 3.52. The van der Waals surface area contributed by atoms with Crippen molar-refractivity contribution in [3.8, 4) is 5.75 Å². The summed E-state index contributed by atoms with van der Waals surface area (Å²) >= 11 is 0. The van der Waals surface area contributed by atoms with Gasteiger partial charge in [-0.1, -0.05) is 18.9 Å². The number of halogens is 1. The molecule has 2 nitrogen and oxygen atoms in total. The number of methoxy groups -OCH3 is 1. The van der Waals surface area contributed by atoms with Crippen molar-refractivity contribution in [2.24, 2.45) is 11.7 Å². The molecule has 0 bridgehead atoms. The molecule has 15 heavy (non-hydrogen) atoms. The normalized spacial score (nSPS) is 17.5. The molecule has 2 rings (SSSR count). The molecule has 0 unspecified atom stereocenters. The summed E-state index contributed by atoms with van der Waals surface area (Å²) in [6.45, 7) is 0. The Bertz CT molecular complexity index is 349. The van der Waals surface area contributed by atoms with Crippen LogP contribution in [0, 0.1) is 11.7 Å². The van der Waals surface area contributed by atoms with E-state index in [4.69, 9.17) is 10.5 Å². The van der Waals surface area contributed by atoms with Crippen molar-refractivity contribution in [1.29, 1.82) is 0 Å². The number of hydrogen-bond acceptors (Lipinski definition) is 2. The van der Waals surface area contributed by atoms with Crippen molar-refractivity contribution >= 4 is 0 Å². The van der Waals surface area contributed by atoms with E-state index in [1.807, 2.05) is 0 Å². The van der Waals surface area contributed by atoms with Crippen LogP contribution in [0.4, 0.5) is 4.39 Å². The second-order valence-electron chi connectivity index (χ2n) is 4.17. The van der Waals surface area contributed by atoms with Gasteiger partial charge < -0.3 is 10.5 Å². The lowest BCUT2D eigenvalue weighted by molar-refractivity contribution is 0.399. The van der Waals surface area contributed by atoms with Crippen LogP contribution in [-0.4, -0.2) is 7.11 Å². The third-order valence-corrected chi connectivity index (χ3v) is 2.88. The van der Waals surface area contributed by atoms with Crippen molar-refractivity contribution in [2.75, 3.05) is 7.11 Å². The zero-order valence-corrected chi connectivity index (χ0v) is 8.87. The Morgan fingerprint density at radius 1 is 1.53 bits per heavy atom. The minimum absolute atomic E-state index is 0.0342. The first-order valence-electron chi connectivity index (χ1n) is 5.29. The van der Waals surface area contributed by atoms with Crippen LogP contribution in [-0.2, 0) is 0 Å². The van der Waals surface area contributed by atoms with Crippen LogP contribution in [0.1, 0.15) is 30.9 Å². The van der Waals surface area contributed by atoms with Crippen molar-refractivity contribution in [1.82, 2.24) is 0 Å². The third-order valence-electron chi connectivity index (χ3n) is 2.88. The fourth-order valence-electron chi connectivity index (χ4n) is 1.83. The lowest BCUT2D eigenvalue weighted by Crippen LogP contribution is -2.12. The highest BCUT2D eigenvalue weighted by Gasteiger charge is 2.25. The molecule has 1 aliphatic carbocycles. The van der Waals surface area contributed by atoms with Gasteiger partial charge in [0.2, 0.25) is 0 Å². The minimum Gasteiger partial charge on any atom is -0.496 e. The molecule has 0 aromatic heterocycles. The van der Waals surface area contributed by atoms with Gasteiger partial charge in [-0.15, -0.1) is 0 Å². The molecule has 2 N–H and O–H groups in total. The third kappa shape index (κ3) is 2.48. The molecule has 0 amide bonds. The molecule has 1 saturated carbocycles. The number of ether oxygens (including phenoxy) is 1. The van der Waals surface area contributed by atoms with E-state index in [2.05, 4.69) is 0 Å². The quantitative estimate of drug-likeness (QED) is 0.827. The number of benzene rings is 1. The highest BCUT2D eigenvalue weighted by Crippen LogP contribution is 2.38. The van der Waals surface area contributed by atoms with Crippen molar-refractivity contribution in [3.05, 3.63) is 29.6 Å². The standard InChI is InChI=1S/C12H16FNO/c1-15-12-7-9(13)4-5-10(12)11(14)6-8-2-3-8/h4-5,7-8,11H,2-3,6,14H2,1H3/t11-/m0/s1. The molecule has 82 valence electrons. The molecular weight excluding hydrogens is 193 g/mol. The Kier molecular flexibility index (Phi) is 2.91. The lowest BCUT2D eigenvalue weighted by Gasteiger charge is -2.15. The van der Waals surface area contributed by atoms with E-state index in [-0.39, 0.29) is 11.9 Å². The second kappa shape index (κ2) is 4.19. The van der Waals surface area contributed by atoms with Gasteiger partial charge in [-0.05, 0) is 18.4 Å². The predicted molar refractivity (Wildman–Crippen MR) is 57.2 cm³/mol. The monoisotopic (exact) mass is 209 g/mol. The van der Waals surface area contributed by atoms with Crippen LogP contribution in [0.5, 0.6) is 5.75 Å². The van der Waals surface area contributed by atoms with Gasteiger partial charge in [-0.3, -0.25) is 0 Å². The Labute approximate surface area is 89.2 Å². The summed E-state index contributed by atoms with van der Waals surface area (Å²) in [4.78, 5) is 0. The first-order valence-corrected chi connectivity index (χ1v) is 5.29. The molecule has 0 spiro atoms. The maximum absolute atomic E-state index is 13.0. The molecule has 0 heterocycles. The maximum atomic E-state index is 13.0. The van der Waals surface area contributed by atoms with E-state index in [1.54, 1.807) is 13.2 Å². The first kappa shape index (κ1) is 10.4. The van der Waals surface area contributed by atoms with Crippen LogP contribution >= 0.6 is 0 Å².